The summed E-state index contributed by atoms with van der Waals surface area (Å²) in [4.78, 5) is 39.4. The Morgan fingerprint density at radius 1 is 0.939 bits per heavy atom. The lowest BCUT2D eigenvalue weighted by atomic mass is 10.0. The Hall–Kier alpha value is -3.55. The average molecular weight is 452 g/mol. The first-order valence-corrected chi connectivity index (χ1v) is 11.4. The van der Waals surface area contributed by atoms with E-state index >= 15 is 0 Å². The zero-order chi connectivity index (χ0) is 23.6. The molecule has 0 aromatic heterocycles. The number of nitrogens with zero attached hydrogens (tertiary/aromatic N) is 1. The molecule has 1 unspecified atom stereocenters. The van der Waals surface area contributed by atoms with Crippen LogP contribution in [0.15, 0.2) is 60.7 Å². The van der Waals surface area contributed by atoms with Gasteiger partial charge in [0.2, 0.25) is 5.91 Å². The number of piperidine rings is 1. The zero-order valence-electron chi connectivity index (χ0n) is 19.2. The molecule has 1 atom stereocenters. The largest absolute Gasteiger partial charge is 0.351 e. The van der Waals surface area contributed by atoms with Crippen LogP contribution in [0, 0.1) is 5.92 Å². The fourth-order valence-electron chi connectivity index (χ4n) is 3.75. The molecule has 8 nitrogen and oxygen atoms in total. The first-order chi connectivity index (χ1) is 15.9. The van der Waals surface area contributed by atoms with E-state index in [1.807, 2.05) is 74.5 Å². The van der Waals surface area contributed by atoms with Crippen molar-refractivity contribution in [3.05, 3.63) is 66.2 Å². The maximum absolute atomic E-state index is 12.9. The number of hydrogen-bond donors (Lipinski definition) is 4. The van der Waals surface area contributed by atoms with Gasteiger partial charge in [-0.05, 0) is 36.5 Å². The summed E-state index contributed by atoms with van der Waals surface area (Å²) < 4.78 is 0. The number of anilines is 1. The second-order valence-corrected chi connectivity index (χ2v) is 8.60. The van der Waals surface area contributed by atoms with E-state index in [0.29, 0.717) is 32.5 Å². The molecule has 1 heterocycles. The number of urea groups is 2. The molecule has 0 bridgehead atoms. The van der Waals surface area contributed by atoms with Crippen LogP contribution in [0.3, 0.4) is 0 Å². The van der Waals surface area contributed by atoms with E-state index in [9.17, 15) is 14.4 Å². The van der Waals surface area contributed by atoms with E-state index in [2.05, 4.69) is 21.3 Å². The van der Waals surface area contributed by atoms with Crippen molar-refractivity contribution < 1.29 is 14.4 Å². The first-order valence-electron chi connectivity index (χ1n) is 11.4. The lowest BCUT2D eigenvalue weighted by molar-refractivity contribution is -0.124. The van der Waals surface area contributed by atoms with E-state index in [0.717, 1.165) is 11.3 Å². The molecule has 1 saturated heterocycles. The summed E-state index contributed by atoms with van der Waals surface area (Å²) >= 11 is 0. The van der Waals surface area contributed by atoms with Crippen molar-refractivity contribution >= 4 is 23.7 Å². The van der Waals surface area contributed by atoms with Gasteiger partial charge in [-0.15, -0.1) is 0 Å². The molecule has 0 aliphatic carbocycles. The Bertz CT molecular complexity index is 912. The fourth-order valence-corrected chi connectivity index (χ4v) is 3.75. The van der Waals surface area contributed by atoms with Crippen LogP contribution in [0.25, 0.3) is 0 Å². The normalized spacial score (nSPS) is 14.9. The third-order valence-corrected chi connectivity index (χ3v) is 5.69. The summed E-state index contributed by atoms with van der Waals surface area (Å²) in [5.41, 5.74) is 1.75. The molecule has 8 heteroatoms. The maximum atomic E-state index is 12.9. The van der Waals surface area contributed by atoms with Crippen molar-refractivity contribution in [2.45, 2.75) is 45.3 Å². The molecule has 1 aliphatic heterocycles. The number of hydrogen-bond acceptors (Lipinski definition) is 3. The van der Waals surface area contributed by atoms with E-state index in [4.69, 9.17) is 0 Å². The van der Waals surface area contributed by atoms with Gasteiger partial charge in [-0.3, -0.25) is 4.79 Å². The monoisotopic (exact) mass is 451 g/mol. The molecule has 0 saturated carbocycles. The summed E-state index contributed by atoms with van der Waals surface area (Å²) in [5, 5.41) is 11.5. The Labute approximate surface area is 195 Å². The molecule has 5 amide bonds. The summed E-state index contributed by atoms with van der Waals surface area (Å²) in [6.07, 6.45) is 1.33. The molecular weight excluding hydrogens is 418 g/mol. The van der Waals surface area contributed by atoms with Crippen LogP contribution in [-0.2, 0) is 11.3 Å². The summed E-state index contributed by atoms with van der Waals surface area (Å²) in [7, 11) is 0. The van der Waals surface area contributed by atoms with Crippen LogP contribution in [0.4, 0.5) is 15.3 Å². The van der Waals surface area contributed by atoms with Gasteiger partial charge in [-0.1, -0.05) is 62.4 Å². The molecule has 0 radical (unpaired) electrons. The minimum Gasteiger partial charge on any atom is -0.351 e. The number of carbonyl (C=O) groups excluding carboxylic acids is 3. The van der Waals surface area contributed by atoms with Gasteiger partial charge >= 0.3 is 12.1 Å². The third-order valence-electron chi connectivity index (χ3n) is 5.69. The van der Waals surface area contributed by atoms with E-state index < -0.39 is 6.04 Å². The lowest BCUT2D eigenvalue weighted by Gasteiger charge is -2.33. The van der Waals surface area contributed by atoms with Crippen LogP contribution >= 0.6 is 0 Å². The highest BCUT2D eigenvalue weighted by Gasteiger charge is 2.29. The van der Waals surface area contributed by atoms with Crippen molar-refractivity contribution in [2.75, 3.05) is 18.4 Å². The third kappa shape index (κ3) is 7.52. The standard InChI is InChI=1S/C25H33N5O3/c1-18(2)22(29-24(32)26-17-19-9-5-3-6-10-19)23(31)27-21-13-15-30(16-14-21)25(33)28-20-11-7-4-8-12-20/h3-12,18,21-22H,13-17H2,1-2H3,(H,27,31)(H,28,33)(H2,26,29,32). The van der Waals surface area contributed by atoms with Crippen LogP contribution in [-0.4, -0.2) is 48.0 Å². The number of carbonyl (C=O) groups is 3. The molecule has 3 rings (SSSR count). The number of benzene rings is 2. The Morgan fingerprint density at radius 2 is 1.55 bits per heavy atom. The first kappa shape index (κ1) is 24.1. The number of rotatable bonds is 7. The van der Waals surface area contributed by atoms with Gasteiger partial charge in [-0.2, -0.15) is 0 Å². The molecule has 2 aromatic rings. The Morgan fingerprint density at radius 3 is 2.15 bits per heavy atom. The SMILES string of the molecule is CC(C)C(NC(=O)NCc1ccccc1)C(=O)NC1CCN(C(=O)Nc2ccccc2)CC1. The van der Waals surface area contributed by atoms with Gasteiger partial charge in [0, 0.05) is 31.4 Å². The molecule has 4 N–H and O–H groups in total. The van der Waals surface area contributed by atoms with Gasteiger partial charge in [0.15, 0.2) is 0 Å². The topological polar surface area (TPSA) is 103 Å². The molecule has 1 fully saturated rings. The number of nitrogens with one attached hydrogen (secondary N) is 4. The minimum absolute atomic E-state index is 0.0336. The number of amides is 5. The molecule has 33 heavy (non-hydrogen) atoms. The average Bonchev–Trinajstić information content (AvgIpc) is 2.82. The van der Waals surface area contributed by atoms with E-state index in [1.165, 1.54) is 0 Å². The van der Waals surface area contributed by atoms with Gasteiger partial charge < -0.3 is 26.2 Å². The molecule has 0 spiro atoms. The Kier molecular flexibility index (Phi) is 8.69. The molecule has 2 aromatic carbocycles. The van der Waals surface area contributed by atoms with Crippen LogP contribution in [0.1, 0.15) is 32.3 Å². The highest BCUT2D eigenvalue weighted by atomic mass is 16.2. The van der Waals surface area contributed by atoms with Crippen molar-refractivity contribution in [2.24, 2.45) is 5.92 Å². The predicted molar refractivity (Wildman–Crippen MR) is 129 cm³/mol. The summed E-state index contributed by atoms with van der Waals surface area (Å²) in [5.74, 6) is -0.267. The molecule has 1 aliphatic rings. The fraction of sp³-hybridized carbons (Fsp3) is 0.400. The predicted octanol–water partition coefficient (Wildman–Crippen LogP) is 3.32. The van der Waals surface area contributed by atoms with Crippen LogP contribution in [0.2, 0.25) is 0 Å². The second-order valence-electron chi connectivity index (χ2n) is 8.60. The zero-order valence-corrected chi connectivity index (χ0v) is 19.2. The minimum atomic E-state index is -0.639. The van der Waals surface area contributed by atoms with E-state index in [1.54, 1.807) is 4.90 Å². The van der Waals surface area contributed by atoms with Crippen molar-refractivity contribution in [3.8, 4) is 0 Å². The van der Waals surface area contributed by atoms with E-state index in [-0.39, 0.29) is 29.9 Å². The van der Waals surface area contributed by atoms with Gasteiger partial charge in [0.05, 0.1) is 0 Å². The maximum Gasteiger partial charge on any atom is 0.321 e. The number of para-hydroxylation sites is 1. The quantitative estimate of drug-likeness (QED) is 0.519. The highest BCUT2D eigenvalue weighted by Crippen LogP contribution is 2.14. The molecular formula is C25H33N5O3. The van der Waals surface area contributed by atoms with Gasteiger partial charge in [0.1, 0.15) is 6.04 Å². The Balaban J connectivity index is 1.43. The summed E-state index contributed by atoms with van der Waals surface area (Å²) in [6, 6.07) is 17.8. The molecule has 176 valence electrons. The highest BCUT2D eigenvalue weighted by molar-refractivity contribution is 5.89. The second kappa shape index (κ2) is 11.9. The lowest BCUT2D eigenvalue weighted by Crippen LogP contribution is -2.56. The smallest absolute Gasteiger partial charge is 0.321 e. The van der Waals surface area contributed by atoms with Crippen LogP contribution < -0.4 is 21.3 Å². The van der Waals surface area contributed by atoms with Crippen molar-refractivity contribution in [1.29, 1.82) is 0 Å². The van der Waals surface area contributed by atoms with Crippen LogP contribution in [0.5, 0.6) is 0 Å². The van der Waals surface area contributed by atoms with Crippen molar-refractivity contribution in [3.63, 3.8) is 0 Å². The van der Waals surface area contributed by atoms with Gasteiger partial charge in [0.25, 0.3) is 0 Å². The summed E-state index contributed by atoms with van der Waals surface area (Å²) in [6.45, 7) is 5.31. The van der Waals surface area contributed by atoms with Gasteiger partial charge in [-0.25, -0.2) is 9.59 Å². The van der Waals surface area contributed by atoms with Crippen molar-refractivity contribution in [1.82, 2.24) is 20.9 Å². The number of likely N-dealkylation sites (tertiary alicyclic amines) is 1.